The monoisotopic (exact) mass is 614 g/mol. The number of benzene rings is 3. The summed E-state index contributed by atoms with van der Waals surface area (Å²) in [5.41, 5.74) is 0.340. The van der Waals surface area contributed by atoms with Crippen LogP contribution >= 0.6 is 0 Å². The van der Waals surface area contributed by atoms with Gasteiger partial charge in [-0.05, 0) is 67.9 Å². The van der Waals surface area contributed by atoms with E-state index in [1.54, 1.807) is 38.1 Å². The van der Waals surface area contributed by atoms with Crippen molar-refractivity contribution in [1.82, 2.24) is 19.1 Å². The summed E-state index contributed by atoms with van der Waals surface area (Å²) in [6.45, 7) is 2.95. The maximum absolute atomic E-state index is 14.4. The van der Waals surface area contributed by atoms with Crippen LogP contribution in [0.1, 0.15) is 25.6 Å². The van der Waals surface area contributed by atoms with Crippen LogP contribution in [0.5, 0.6) is 0 Å². The van der Waals surface area contributed by atoms with Crippen LogP contribution in [0.2, 0.25) is 0 Å². The Hall–Kier alpha value is -4.62. The Bertz CT molecular complexity index is 2010. The number of aromatic nitrogens is 4. The summed E-state index contributed by atoms with van der Waals surface area (Å²) >= 11 is 0. The van der Waals surface area contributed by atoms with E-state index < -0.39 is 59.8 Å². The first kappa shape index (κ1) is 29.1. The fraction of sp³-hybridized carbons (Fsp3) is 0.273. The third kappa shape index (κ3) is 5.15. The Morgan fingerprint density at radius 2 is 1.40 bits per heavy atom. The molecule has 4 atom stereocenters. The van der Waals surface area contributed by atoms with Gasteiger partial charge in [0, 0.05) is 11.1 Å². The Morgan fingerprint density at radius 1 is 0.822 bits per heavy atom. The average Bonchev–Trinajstić information content (AvgIpc) is 3.53. The van der Waals surface area contributed by atoms with Gasteiger partial charge >= 0.3 is 5.69 Å². The van der Waals surface area contributed by atoms with Crippen LogP contribution in [-0.2, 0) is 20.8 Å². The van der Waals surface area contributed by atoms with Crippen molar-refractivity contribution in [3.8, 4) is 22.5 Å². The lowest BCUT2D eigenvalue weighted by molar-refractivity contribution is -0.200. The second-order valence-corrected chi connectivity index (χ2v) is 11.4. The minimum Gasteiger partial charge on any atom is -0.394 e. The molecule has 0 unspecified atom stereocenters. The number of halogens is 2. The molecule has 2 saturated heterocycles. The summed E-state index contributed by atoms with van der Waals surface area (Å²) in [4.78, 5) is 38.0. The molecule has 3 aromatic carbocycles. The van der Waals surface area contributed by atoms with E-state index in [1.807, 2.05) is 6.07 Å². The molecule has 5 aromatic rings. The van der Waals surface area contributed by atoms with Crippen molar-refractivity contribution in [2.24, 2.45) is 0 Å². The van der Waals surface area contributed by atoms with Crippen molar-refractivity contribution in [2.75, 3.05) is 6.61 Å². The van der Waals surface area contributed by atoms with Crippen LogP contribution in [-0.4, -0.2) is 54.9 Å². The standard InChI is InChI=1S/C33H28F2N4O6/c1-33(2)44-27-23(17-40)43-31(28(27)45-33)39-29-26(30(41)38(32(39)42)16-18-6-4-3-5-7-18)36-24(19-8-12-21(34)13-9-19)25(37-29)20-10-14-22(35)15-11-20/h3-15,23,27-28,31,40H,16-17H2,1-2H3/t23-,27-,28-,31-/m1/s1. The molecule has 0 bridgehead atoms. The van der Waals surface area contributed by atoms with Gasteiger partial charge in [0.2, 0.25) is 0 Å². The van der Waals surface area contributed by atoms with Gasteiger partial charge in [0.1, 0.15) is 29.9 Å². The molecule has 0 spiro atoms. The third-order valence-electron chi connectivity index (χ3n) is 7.97. The second kappa shape index (κ2) is 11.1. The molecule has 10 nitrogen and oxygen atoms in total. The molecule has 12 heteroatoms. The number of aliphatic hydroxyl groups is 1. The lowest BCUT2D eigenvalue weighted by Gasteiger charge is -2.25. The van der Waals surface area contributed by atoms with Crippen molar-refractivity contribution in [3.63, 3.8) is 0 Å². The zero-order chi connectivity index (χ0) is 31.5. The van der Waals surface area contributed by atoms with Crippen LogP contribution in [0.25, 0.3) is 33.7 Å². The van der Waals surface area contributed by atoms with Crippen LogP contribution in [0, 0.1) is 11.6 Å². The lowest BCUT2D eigenvalue weighted by atomic mass is 10.0. The fourth-order valence-electron chi connectivity index (χ4n) is 5.94. The van der Waals surface area contributed by atoms with Gasteiger partial charge in [0.05, 0.1) is 24.5 Å². The second-order valence-electron chi connectivity index (χ2n) is 11.4. The van der Waals surface area contributed by atoms with Crippen LogP contribution in [0.3, 0.4) is 0 Å². The number of fused-ring (bicyclic) bond motifs is 2. The third-order valence-corrected chi connectivity index (χ3v) is 7.97. The largest absolute Gasteiger partial charge is 0.394 e. The van der Waals surface area contributed by atoms with Gasteiger partial charge < -0.3 is 19.3 Å². The summed E-state index contributed by atoms with van der Waals surface area (Å²) in [5.74, 6) is -1.98. The highest BCUT2D eigenvalue weighted by molar-refractivity contribution is 5.84. The van der Waals surface area contributed by atoms with Gasteiger partial charge in [-0.1, -0.05) is 30.3 Å². The van der Waals surface area contributed by atoms with Gasteiger partial charge in [-0.2, -0.15) is 0 Å². The molecule has 0 aliphatic carbocycles. The topological polar surface area (TPSA) is 118 Å². The van der Waals surface area contributed by atoms with Crippen LogP contribution in [0.15, 0.2) is 88.5 Å². The molecule has 2 aromatic heterocycles. The van der Waals surface area contributed by atoms with Gasteiger partial charge in [0.15, 0.2) is 23.2 Å². The highest BCUT2D eigenvalue weighted by Crippen LogP contribution is 2.43. The summed E-state index contributed by atoms with van der Waals surface area (Å²) in [6, 6.07) is 20.0. The summed E-state index contributed by atoms with van der Waals surface area (Å²) in [6.07, 6.45) is -3.54. The van der Waals surface area contributed by atoms with E-state index in [0.717, 1.165) is 4.57 Å². The maximum Gasteiger partial charge on any atom is 0.335 e. The maximum atomic E-state index is 14.4. The predicted octanol–water partition coefficient (Wildman–Crippen LogP) is 4.02. The Kier molecular flexibility index (Phi) is 7.16. The van der Waals surface area contributed by atoms with Crippen molar-refractivity contribution in [2.45, 2.75) is 50.7 Å². The van der Waals surface area contributed by atoms with Crippen LogP contribution in [0.4, 0.5) is 8.78 Å². The molecule has 7 rings (SSSR count). The molecule has 230 valence electrons. The van der Waals surface area contributed by atoms with Crippen molar-refractivity contribution < 1.29 is 28.1 Å². The van der Waals surface area contributed by atoms with Gasteiger partial charge in [-0.25, -0.2) is 28.1 Å². The number of ether oxygens (including phenoxy) is 3. The average molecular weight is 615 g/mol. The van der Waals surface area contributed by atoms with E-state index in [2.05, 4.69) is 0 Å². The molecule has 0 saturated carbocycles. The first-order chi connectivity index (χ1) is 21.6. The van der Waals surface area contributed by atoms with E-state index in [4.69, 9.17) is 24.2 Å². The van der Waals surface area contributed by atoms with Crippen molar-refractivity contribution in [3.05, 3.63) is 117 Å². The SMILES string of the molecule is CC1(C)O[C@@H]2[C@H](O1)[C@@H](CO)O[C@H]2n1c(=O)n(Cc2ccccc2)c(=O)c2nc(-c3ccc(F)cc3)c(-c3ccc(F)cc3)nc21. The zero-order valence-electron chi connectivity index (χ0n) is 24.3. The Morgan fingerprint density at radius 3 is 2.00 bits per heavy atom. The van der Waals surface area contributed by atoms with Crippen molar-refractivity contribution in [1.29, 1.82) is 0 Å². The fourth-order valence-corrected chi connectivity index (χ4v) is 5.94. The number of aliphatic hydroxyl groups excluding tert-OH is 1. The predicted molar refractivity (Wildman–Crippen MR) is 159 cm³/mol. The summed E-state index contributed by atoms with van der Waals surface area (Å²) in [7, 11) is 0. The van der Waals surface area contributed by atoms with Crippen molar-refractivity contribution >= 4 is 11.2 Å². The molecule has 2 fully saturated rings. The quantitative estimate of drug-likeness (QED) is 0.305. The van der Waals surface area contributed by atoms with E-state index >= 15 is 0 Å². The number of nitrogens with zero attached hydrogens (tertiary/aromatic N) is 4. The molecule has 2 aliphatic heterocycles. The molecular formula is C33H28F2N4O6. The zero-order valence-corrected chi connectivity index (χ0v) is 24.3. The number of rotatable bonds is 6. The van der Waals surface area contributed by atoms with Crippen LogP contribution < -0.4 is 11.2 Å². The van der Waals surface area contributed by atoms with Gasteiger partial charge in [-0.3, -0.25) is 9.36 Å². The highest BCUT2D eigenvalue weighted by atomic mass is 19.1. The van der Waals surface area contributed by atoms with E-state index in [1.165, 1.54) is 53.1 Å². The molecule has 2 aliphatic rings. The molecular weight excluding hydrogens is 586 g/mol. The number of hydrogen-bond acceptors (Lipinski definition) is 8. The first-order valence-corrected chi connectivity index (χ1v) is 14.4. The van der Waals surface area contributed by atoms with E-state index in [-0.39, 0.29) is 29.1 Å². The number of hydrogen-bond donors (Lipinski definition) is 1. The Labute approximate surface area is 255 Å². The summed E-state index contributed by atoms with van der Waals surface area (Å²) < 4.78 is 48.5. The molecule has 45 heavy (non-hydrogen) atoms. The Balaban J connectivity index is 1.54. The lowest BCUT2D eigenvalue weighted by Crippen LogP contribution is -2.45. The molecule has 0 amide bonds. The molecule has 1 N–H and O–H groups in total. The highest BCUT2D eigenvalue weighted by Gasteiger charge is 2.56. The van der Waals surface area contributed by atoms with Gasteiger partial charge in [0.25, 0.3) is 5.56 Å². The molecule has 0 radical (unpaired) electrons. The normalized spacial score (nSPS) is 22.2. The molecule has 4 heterocycles. The summed E-state index contributed by atoms with van der Waals surface area (Å²) in [5, 5.41) is 10.1. The minimum atomic E-state index is -1.15. The first-order valence-electron chi connectivity index (χ1n) is 14.4. The van der Waals surface area contributed by atoms with E-state index in [9.17, 15) is 23.5 Å². The van der Waals surface area contributed by atoms with E-state index in [0.29, 0.717) is 16.7 Å². The minimum absolute atomic E-state index is 0.0746. The van der Waals surface area contributed by atoms with Gasteiger partial charge in [-0.15, -0.1) is 0 Å². The smallest absolute Gasteiger partial charge is 0.335 e.